The molecule has 1 saturated heterocycles. The number of nitrogen functional groups attached to an aromatic ring is 1. The average Bonchev–Trinajstić information content (AvgIpc) is 2.31. The Labute approximate surface area is 107 Å². The van der Waals surface area contributed by atoms with Crippen LogP contribution in [0.3, 0.4) is 0 Å². The van der Waals surface area contributed by atoms with Crippen LogP contribution >= 0.6 is 0 Å². The summed E-state index contributed by atoms with van der Waals surface area (Å²) < 4.78 is 0. The summed E-state index contributed by atoms with van der Waals surface area (Å²) in [7, 11) is 0. The zero-order chi connectivity index (χ0) is 13.2. The number of β-amino-alcohol motifs (C(OH)–C–C–N with tert-alkyl or cyclic N) is 1. The van der Waals surface area contributed by atoms with Crippen LogP contribution in [-0.4, -0.2) is 39.6 Å². The van der Waals surface area contributed by atoms with E-state index >= 15 is 0 Å². The first-order valence-corrected chi connectivity index (χ1v) is 6.17. The minimum absolute atomic E-state index is 0.00671. The average molecular weight is 249 g/mol. The summed E-state index contributed by atoms with van der Waals surface area (Å²) in [6, 6.07) is 3.50. The summed E-state index contributed by atoms with van der Waals surface area (Å²) in [6.07, 6.45) is 3.40. The predicted octanol–water partition coefficient (Wildman–Crippen LogP) is 0.580. The number of hydrogen-bond acceptors (Lipinski definition) is 4. The van der Waals surface area contributed by atoms with E-state index in [-0.39, 0.29) is 12.3 Å². The van der Waals surface area contributed by atoms with Gasteiger partial charge < -0.3 is 15.7 Å². The summed E-state index contributed by atoms with van der Waals surface area (Å²) in [5, 5.41) is 9.97. The van der Waals surface area contributed by atoms with Crippen LogP contribution in [-0.2, 0) is 11.2 Å². The number of carbonyl (C=O) groups excluding carboxylic acids is 1. The van der Waals surface area contributed by atoms with Gasteiger partial charge in [0.15, 0.2) is 0 Å². The molecule has 0 aromatic carbocycles. The van der Waals surface area contributed by atoms with Crippen LogP contribution in [0.4, 0.5) is 5.69 Å². The fourth-order valence-electron chi connectivity index (χ4n) is 2.24. The molecule has 0 spiro atoms. The van der Waals surface area contributed by atoms with Crippen LogP contribution in [0, 0.1) is 0 Å². The van der Waals surface area contributed by atoms with Crippen molar-refractivity contribution in [3.8, 4) is 0 Å². The standard InChI is InChI=1S/C13H19N3O2/c1-13(18)5-2-6-16(9-13)12(17)7-11-4-3-10(14)8-15-11/h3-4,8,18H,2,5-7,9,14H2,1H3. The molecular formula is C13H19N3O2. The number of amides is 1. The van der Waals surface area contributed by atoms with Gasteiger partial charge in [-0.3, -0.25) is 9.78 Å². The van der Waals surface area contributed by atoms with Crippen molar-refractivity contribution in [2.24, 2.45) is 0 Å². The maximum absolute atomic E-state index is 12.1. The number of rotatable bonds is 2. The summed E-state index contributed by atoms with van der Waals surface area (Å²) in [5.74, 6) is 0.00671. The van der Waals surface area contributed by atoms with Crippen LogP contribution in [0.25, 0.3) is 0 Å². The number of aromatic nitrogens is 1. The SMILES string of the molecule is CC1(O)CCCN(C(=O)Cc2ccc(N)cn2)C1. The fourth-order valence-corrected chi connectivity index (χ4v) is 2.24. The van der Waals surface area contributed by atoms with E-state index in [0.717, 1.165) is 12.8 Å². The Morgan fingerprint density at radius 2 is 2.39 bits per heavy atom. The van der Waals surface area contributed by atoms with Gasteiger partial charge in [0, 0.05) is 18.8 Å². The molecule has 1 unspecified atom stereocenters. The molecule has 0 radical (unpaired) electrons. The molecule has 0 aliphatic carbocycles. The van der Waals surface area contributed by atoms with Crippen molar-refractivity contribution in [1.82, 2.24) is 9.88 Å². The third-order valence-corrected chi connectivity index (χ3v) is 3.21. The van der Waals surface area contributed by atoms with Crippen molar-refractivity contribution >= 4 is 11.6 Å². The third kappa shape index (κ3) is 3.20. The zero-order valence-corrected chi connectivity index (χ0v) is 10.6. The van der Waals surface area contributed by atoms with Gasteiger partial charge in [-0.05, 0) is 31.9 Å². The van der Waals surface area contributed by atoms with E-state index < -0.39 is 5.60 Å². The maximum atomic E-state index is 12.1. The maximum Gasteiger partial charge on any atom is 0.228 e. The molecular weight excluding hydrogens is 230 g/mol. The monoisotopic (exact) mass is 249 g/mol. The van der Waals surface area contributed by atoms with Crippen LogP contribution in [0.2, 0.25) is 0 Å². The molecule has 98 valence electrons. The summed E-state index contributed by atoms with van der Waals surface area (Å²) >= 11 is 0. The van der Waals surface area contributed by atoms with Gasteiger partial charge in [0.25, 0.3) is 0 Å². The Balaban J connectivity index is 1.97. The van der Waals surface area contributed by atoms with Gasteiger partial charge in [0.1, 0.15) is 0 Å². The van der Waals surface area contributed by atoms with E-state index in [1.165, 1.54) is 0 Å². The Hall–Kier alpha value is -1.62. The number of pyridine rings is 1. The van der Waals surface area contributed by atoms with E-state index in [4.69, 9.17) is 5.73 Å². The molecule has 0 saturated carbocycles. The van der Waals surface area contributed by atoms with Crippen LogP contribution in [0.5, 0.6) is 0 Å². The van der Waals surface area contributed by atoms with E-state index in [2.05, 4.69) is 4.98 Å². The lowest BCUT2D eigenvalue weighted by molar-refractivity contribution is -0.136. The van der Waals surface area contributed by atoms with Crippen LogP contribution < -0.4 is 5.73 Å². The first kappa shape index (κ1) is 12.8. The molecule has 2 rings (SSSR count). The van der Waals surface area contributed by atoms with Crippen LogP contribution in [0.15, 0.2) is 18.3 Å². The fraction of sp³-hybridized carbons (Fsp3) is 0.538. The zero-order valence-electron chi connectivity index (χ0n) is 10.6. The lowest BCUT2D eigenvalue weighted by atomic mass is 9.95. The Morgan fingerprint density at radius 1 is 1.61 bits per heavy atom. The Bertz CT molecular complexity index is 428. The number of piperidine rings is 1. The molecule has 1 aliphatic rings. The second kappa shape index (κ2) is 4.94. The Kier molecular flexibility index (Phi) is 3.52. The molecule has 1 aliphatic heterocycles. The summed E-state index contributed by atoms with van der Waals surface area (Å²) in [5.41, 5.74) is 6.08. The number of anilines is 1. The van der Waals surface area contributed by atoms with Gasteiger partial charge in [0.05, 0.1) is 23.9 Å². The van der Waals surface area contributed by atoms with E-state index in [0.29, 0.717) is 24.5 Å². The molecule has 2 heterocycles. The van der Waals surface area contributed by atoms with Crippen LogP contribution in [0.1, 0.15) is 25.5 Å². The molecule has 1 aromatic heterocycles. The van der Waals surface area contributed by atoms with Crippen molar-refractivity contribution in [3.05, 3.63) is 24.0 Å². The molecule has 1 amide bonds. The van der Waals surface area contributed by atoms with Crippen molar-refractivity contribution in [2.45, 2.75) is 31.8 Å². The molecule has 0 bridgehead atoms. The lowest BCUT2D eigenvalue weighted by Gasteiger charge is -2.36. The van der Waals surface area contributed by atoms with E-state index in [9.17, 15) is 9.90 Å². The van der Waals surface area contributed by atoms with Gasteiger partial charge in [-0.15, -0.1) is 0 Å². The molecule has 1 atom stereocenters. The highest BCUT2D eigenvalue weighted by molar-refractivity contribution is 5.78. The summed E-state index contributed by atoms with van der Waals surface area (Å²) in [4.78, 5) is 17.9. The number of likely N-dealkylation sites (tertiary alicyclic amines) is 1. The molecule has 3 N–H and O–H groups in total. The molecule has 5 nitrogen and oxygen atoms in total. The molecule has 1 aromatic rings. The second-order valence-corrected chi connectivity index (χ2v) is 5.18. The van der Waals surface area contributed by atoms with Gasteiger partial charge in [0.2, 0.25) is 5.91 Å². The minimum atomic E-state index is -0.761. The lowest BCUT2D eigenvalue weighted by Crippen LogP contribution is -2.49. The van der Waals surface area contributed by atoms with Gasteiger partial charge in [-0.2, -0.15) is 0 Å². The number of aliphatic hydroxyl groups is 1. The van der Waals surface area contributed by atoms with Gasteiger partial charge >= 0.3 is 0 Å². The Morgan fingerprint density at radius 3 is 3.00 bits per heavy atom. The quantitative estimate of drug-likeness (QED) is 0.803. The number of nitrogens with two attached hydrogens (primary N) is 1. The van der Waals surface area contributed by atoms with Gasteiger partial charge in [-0.25, -0.2) is 0 Å². The van der Waals surface area contributed by atoms with Crippen molar-refractivity contribution < 1.29 is 9.90 Å². The van der Waals surface area contributed by atoms with Crippen molar-refractivity contribution in [3.63, 3.8) is 0 Å². The topological polar surface area (TPSA) is 79.5 Å². The smallest absolute Gasteiger partial charge is 0.228 e. The second-order valence-electron chi connectivity index (χ2n) is 5.18. The number of hydrogen-bond donors (Lipinski definition) is 2. The predicted molar refractivity (Wildman–Crippen MR) is 68.8 cm³/mol. The highest BCUT2D eigenvalue weighted by atomic mass is 16.3. The summed E-state index contributed by atoms with van der Waals surface area (Å²) in [6.45, 7) is 2.89. The van der Waals surface area contributed by atoms with Crippen molar-refractivity contribution in [2.75, 3.05) is 18.8 Å². The largest absolute Gasteiger partial charge is 0.397 e. The minimum Gasteiger partial charge on any atom is -0.397 e. The highest BCUT2D eigenvalue weighted by Gasteiger charge is 2.30. The third-order valence-electron chi connectivity index (χ3n) is 3.21. The number of carbonyl (C=O) groups is 1. The first-order valence-electron chi connectivity index (χ1n) is 6.17. The van der Waals surface area contributed by atoms with E-state index in [1.54, 1.807) is 30.2 Å². The molecule has 5 heteroatoms. The normalized spacial score (nSPS) is 24.0. The van der Waals surface area contributed by atoms with Gasteiger partial charge in [-0.1, -0.05) is 0 Å². The highest BCUT2D eigenvalue weighted by Crippen LogP contribution is 2.20. The molecule has 18 heavy (non-hydrogen) atoms. The first-order chi connectivity index (χ1) is 8.46. The van der Waals surface area contributed by atoms with Crippen molar-refractivity contribution in [1.29, 1.82) is 0 Å². The number of nitrogens with zero attached hydrogens (tertiary/aromatic N) is 2. The van der Waals surface area contributed by atoms with E-state index in [1.807, 2.05) is 0 Å². The molecule has 1 fully saturated rings.